The molecule has 0 bridgehead atoms. The molecule has 0 radical (unpaired) electrons. The Hall–Kier alpha value is -1.03. The van der Waals surface area contributed by atoms with E-state index in [9.17, 15) is 9.59 Å². The number of carbonyl (C=O) groups is 2. The van der Waals surface area contributed by atoms with E-state index in [-0.39, 0.29) is 11.8 Å². The van der Waals surface area contributed by atoms with E-state index in [2.05, 4.69) is 5.32 Å². The molecule has 5 heteroatoms. The maximum atomic E-state index is 12.4. The number of nitrogens with zero attached hydrogens (tertiary/aromatic N) is 1. The zero-order valence-electron chi connectivity index (χ0n) is 11.5. The van der Waals surface area contributed by atoms with Gasteiger partial charge in [-0.2, -0.15) is 0 Å². The minimum atomic E-state index is -0.650. The first-order valence-electron chi connectivity index (χ1n) is 6.89. The highest BCUT2D eigenvalue weighted by Gasteiger charge is 2.51. The van der Waals surface area contributed by atoms with Gasteiger partial charge in [0.05, 0.1) is 0 Å². The predicted octanol–water partition coefficient (Wildman–Crippen LogP) is 2.18. The molecular weight excluding hydrogens is 264 g/mol. The number of nitrogens with one attached hydrogen (secondary N) is 1. The van der Waals surface area contributed by atoms with Crippen LogP contribution < -0.4 is 5.32 Å². The Balaban J connectivity index is 2.34. The molecule has 2 amide bonds. The van der Waals surface area contributed by atoms with Crippen molar-refractivity contribution in [2.75, 3.05) is 6.54 Å². The Morgan fingerprint density at radius 2 is 2.05 bits per heavy atom. The topological polar surface area (TPSA) is 49.4 Å². The summed E-state index contributed by atoms with van der Waals surface area (Å²) in [5.41, 5.74) is 1.74. The first kappa shape index (κ1) is 14.4. The Kier molecular flexibility index (Phi) is 4.19. The van der Waals surface area contributed by atoms with Crippen molar-refractivity contribution >= 4 is 23.4 Å². The molecule has 106 valence electrons. The van der Waals surface area contributed by atoms with Gasteiger partial charge in [-0.05, 0) is 32.3 Å². The van der Waals surface area contributed by atoms with E-state index in [1.165, 1.54) is 5.54 Å². The molecule has 1 saturated heterocycles. The van der Waals surface area contributed by atoms with Crippen LogP contribution in [0, 0.1) is 0 Å². The van der Waals surface area contributed by atoms with E-state index in [0.29, 0.717) is 6.54 Å². The van der Waals surface area contributed by atoms with Crippen LogP contribution in [0.1, 0.15) is 46.0 Å². The van der Waals surface area contributed by atoms with Crippen LogP contribution in [0.15, 0.2) is 11.1 Å². The molecule has 1 aliphatic carbocycles. The molecule has 1 N–H and O–H groups in total. The van der Waals surface area contributed by atoms with Crippen molar-refractivity contribution in [1.82, 2.24) is 10.2 Å². The highest BCUT2D eigenvalue weighted by atomic mass is 35.5. The average molecular weight is 285 g/mol. The summed E-state index contributed by atoms with van der Waals surface area (Å²) in [6.07, 6.45) is 4.64. The summed E-state index contributed by atoms with van der Waals surface area (Å²) in [5, 5.41) is 2.83. The summed E-state index contributed by atoms with van der Waals surface area (Å²) in [4.78, 5) is 26.6. The molecule has 2 rings (SSSR count). The van der Waals surface area contributed by atoms with Gasteiger partial charge in [-0.3, -0.25) is 9.59 Å². The monoisotopic (exact) mass is 284 g/mol. The number of rotatable bonds is 2. The first-order valence-corrected chi connectivity index (χ1v) is 7.33. The molecule has 0 aromatic carbocycles. The minimum Gasteiger partial charge on any atom is -0.343 e. The van der Waals surface area contributed by atoms with Crippen LogP contribution in [0.2, 0.25) is 0 Å². The van der Waals surface area contributed by atoms with Crippen LogP contribution >= 0.6 is 11.6 Å². The lowest BCUT2D eigenvalue weighted by Crippen LogP contribution is -2.70. The van der Waals surface area contributed by atoms with Gasteiger partial charge in [0.15, 0.2) is 0 Å². The molecule has 4 nitrogen and oxygen atoms in total. The summed E-state index contributed by atoms with van der Waals surface area (Å²) < 4.78 is 0. The normalized spacial score (nSPS) is 27.6. The number of halogens is 1. The SMILES string of the molecule is CC(=CCl)CN1C(=O)C(C)NC(=O)C12CCCCC2. The van der Waals surface area contributed by atoms with Crippen LogP contribution in [-0.4, -0.2) is 34.8 Å². The standard InChI is InChI=1S/C14H21ClN2O2/c1-10(8-15)9-17-12(18)11(2)16-13(19)14(17)6-4-3-5-7-14/h8,11H,3-7,9H2,1-2H3,(H,16,19). The number of amides is 2. The number of hydrogen-bond donors (Lipinski definition) is 1. The van der Waals surface area contributed by atoms with E-state index in [4.69, 9.17) is 11.6 Å². The second-order valence-electron chi connectivity index (χ2n) is 5.67. The quantitative estimate of drug-likeness (QED) is 0.845. The molecule has 1 aliphatic heterocycles. The lowest BCUT2D eigenvalue weighted by molar-refractivity contribution is -0.158. The van der Waals surface area contributed by atoms with Crippen LogP contribution in [-0.2, 0) is 9.59 Å². The average Bonchev–Trinajstić information content (AvgIpc) is 2.42. The van der Waals surface area contributed by atoms with Crippen LogP contribution in [0.25, 0.3) is 0 Å². The lowest BCUT2D eigenvalue weighted by Gasteiger charge is -2.49. The van der Waals surface area contributed by atoms with Gasteiger partial charge in [-0.1, -0.05) is 30.9 Å². The summed E-state index contributed by atoms with van der Waals surface area (Å²) in [5.74, 6) is 0.000962. The molecule has 0 aromatic rings. The van der Waals surface area contributed by atoms with Gasteiger partial charge in [-0.15, -0.1) is 0 Å². The van der Waals surface area contributed by atoms with Gasteiger partial charge in [0, 0.05) is 12.1 Å². The molecular formula is C14H21ClN2O2. The van der Waals surface area contributed by atoms with Crippen LogP contribution in [0.4, 0.5) is 0 Å². The van der Waals surface area contributed by atoms with E-state index in [1.54, 1.807) is 11.8 Å². The lowest BCUT2D eigenvalue weighted by atomic mass is 9.77. The van der Waals surface area contributed by atoms with Crippen molar-refractivity contribution in [3.05, 3.63) is 11.1 Å². The van der Waals surface area contributed by atoms with Crippen molar-refractivity contribution < 1.29 is 9.59 Å². The van der Waals surface area contributed by atoms with Crippen molar-refractivity contribution in [2.45, 2.75) is 57.5 Å². The molecule has 1 unspecified atom stereocenters. The third-order valence-electron chi connectivity index (χ3n) is 4.20. The third kappa shape index (κ3) is 2.50. The van der Waals surface area contributed by atoms with E-state index in [1.807, 2.05) is 6.92 Å². The molecule has 19 heavy (non-hydrogen) atoms. The van der Waals surface area contributed by atoms with Crippen LogP contribution in [0.5, 0.6) is 0 Å². The number of hydrogen-bond acceptors (Lipinski definition) is 2. The number of piperazine rings is 1. The highest BCUT2D eigenvalue weighted by Crippen LogP contribution is 2.37. The minimum absolute atomic E-state index is 0.000586. The molecule has 1 spiro atoms. The Morgan fingerprint density at radius 1 is 1.42 bits per heavy atom. The fourth-order valence-corrected chi connectivity index (χ4v) is 3.18. The summed E-state index contributed by atoms with van der Waals surface area (Å²) in [6, 6.07) is -0.442. The van der Waals surface area contributed by atoms with Crippen molar-refractivity contribution in [3.63, 3.8) is 0 Å². The maximum absolute atomic E-state index is 12.4. The van der Waals surface area contributed by atoms with Gasteiger partial charge in [0.1, 0.15) is 11.6 Å². The number of carbonyl (C=O) groups excluding carboxylic acids is 2. The largest absolute Gasteiger partial charge is 0.343 e. The molecule has 1 saturated carbocycles. The van der Waals surface area contributed by atoms with E-state index < -0.39 is 11.6 Å². The summed E-state index contributed by atoms with van der Waals surface area (Å²) in [7, 11) is 0. The molecule has 1 atom stereocenters. The van der Waals surface area contributed by atoms with E-state index in [0.717, 1.165) is 37.7 Å². The zero-order chi connectivity index (χ0) is 14.0. The van der Waals surface area contributed by atoms with Gasteiger partial charge in [0.25, 0.3) is 0 Å². The molecule has 1 heterocycles. The van der Waals surface area contributed by atoms with Gasteiger partial charge >= 0.3 is 0 Å². The second-order valence-corrected chi connectivity index (χ2v) is 5.89. The smallest absolute Gasteiger partial charge is 0.246 e. The summed E-state index contributed by atoms with van der Waals surface area (Å²) >= 11 is 5.72. The summed E-state index contributed by atoms with van der Waals surface area (Å²) in [6.45, 7) is 4.07. The zero-order valence-corrected chi connectivity index (χ0v) is 12.3. The van der Waals surface area contributed by atoms with Gasteiger partial charge < -0.3 is 10.2 Å². The van der Waals surface area contributed by atoms with Crippen molar-refractivity contribution in [1.29, 1.82) is 0 Å². The maximum Gasteiger partial charge on any atom is 0.246 e. The van der Waals surface area contributed by atoms with E-state index >= 15 is 0 Å². The Labute approximate surface area is 119 Å². The highest BCUT2D eigenvalue weighted by molar-refractivity contribution is 6.25. The van der Waals surface area contributed by atoms with Crippen molar-refractivity contribution in [3.8, 4) is 0 Å². The molecule has 2 aliphatic rings. The van der Waals surface area contributed by atoms with Gasteiger partial charge in [-0.25, -0.2) is 0 Å². The first-order chi connectivity index (χ1) is 9.01. The Bertz CT molecular complexity index is 414. The third-order valence-corrected chi connectivity index (χ3v) is 4.57. The fraction of sp³-hybridized carbons (Fsp3) is 0.714. The fourth-order valence-electron chi connectivity index (χ4n) is 3.11. The van der Waals surface area contributed by atoms with Crippen LogP contribution in [0.3, 0.4) is 0 Å². The van der Waals surface area contributed by atoms with Crippen molar-refractivity contribution in [2.24, 2.45) is 0 Å². The van der Waals surface area contributed by atoms with Gasteiger partial charge in [0.2, 0.25) is 11.8 Å². The second kappa shape index (κ2) is 5.53. The predicted molar refractivity (Wildman–Crippen MR) is 74.7 cm³/mol. The molecule has 0 aromatic heterocycles. The molecule has 2 fully saturated rings. The Morgan fingerprint density at radius 3 is 2.63 bits per heavy atom.